The number of nitrogens with one attached hydrogen (secondary N) is 1. The molecule has 0 aromatic carbocycles. The number of nitrogens with zero attached hydrogens (tertiary/aromatic N) is 1. The molecule has 1 saturated heterocycles. The number of hydrogen-bond acceptors (Lipinski definition) is 2. The van der Waals surface area contributed by atoms with Gasteiger partial charge in [0.1, 0.15) is 6.67 Å². The van der Waals surface area contributed by atoms with E-state index in [0.29, 0.717) is 6.54 Å². The van der Waals surface area contributed by atoms with E-state index >= 15 is 0 Å². The van der Waals surface area contributed by atoms with E-state index in [0.717, 1.165) is 12.5 Å². The maximum absolute atomic E-state index is 11.8. The smallest absolute Gasteiger partial charge is 0.102 e. The molecular formula is C9H19FN2. The lowest BCUT2D eigenvalue weighted by Gasteiger charge is -2.29. The summed E-state index contributed by atoms with van der Waals surface area (Å²) in [6.07, 6.45) is 2.59. The summed E-state index contributed by atoms with van der Waals surface area (Å²) < 4.78 is 11.8. The number of alkyl halides is 1. The highest BCUT2D eigenvalue weighted by Gasteiger charge is 2.15. The molecular weight excluding hydrogens is 155 g/mol. The monoisotopic (exact) mass is 174 g/mol. The van der Waals surface area contributed by atoms with Gasteiger partial charge < -0.3 is 10.2 Å². The molecule has 72 valence electrons. The summed E-state index contributed by atoms with van der Waals surface area (Å²) in [6.45, 7) is 3.63. The van der Waals surface area contributed by atoms with Crippen LogP contribution in [0.3, 0.4) is 0 Å². The molecule has 1 fully saturated rings. The Kier molecular flexibility index (Phi) is 4.54. The van der Waals surface area contributed by atoms with E-state index in [2.05, 4.69) is 17.3 Å². The second kappa shape index (κ2) is 5.49. The second-order valence-electron chi connectivity index (χ2n) is 3.66. The average molecular weight is 174 g/mol. The summed E-state index contributed by atoms with van der Waals surface area (Å²) >= 11 is 0. The van der Waals surface area contributed by atoms with Crippen LogP contribution in [-0.2, 0) is 0 Å². The number of halogens is 1. The average Bonchev–Trinajstić information content (AvgIpc) is 2.05. The van der Waals surface area contributed by atoms with Crippen molar-refractivity contribution >= 4 is 0 Å². The Morgan fingerprint density at radius 2 is 2.42 bits per heavy atom. The molecule has 0 spiro atoms. The van der Waals surface area contributed by atoms with Crippen LogP contribution in [0.25, 0.3) is 0 Å². The Balaban J connectivity index is 2.06. The highest BCUT2D eigenvalue weighted by Crippen LogP contribution is 2.13. The van der Waals surface area contributed by atoms with E-state index < -0.39 is 0 Å². The van der Waals surface area contributed by atoms with Crippen LogP contribution in [-0.4, -0.2) is 44.8 Å². The SMILES string of the molecule is CN1CCCC(CNCCF)C1. The maximum Gasteiger partial charge on any atom is 0.102 e. The van der Waals surface area contributed by atoms with Gasteiger partial charge in [-0.05, 0) is 38.9 Å². The first-order chi connectivity index (χ1) is 5.83. The molecule has 1 rings (SSSR count). The van der Waals surface area contributed by atoms with Crippen molar-refractivity contribution in [1.29, 1.82) is 0 Å². The summed E-state index contributed by atoms with van der Waals surface area (Å²) in [5.74, 6) is 0.732. The van der Waals surface area contributed by atoms with Gasteiger partial charge in [0.2, 0.25) is 0 Å². The van der Waals surface area contributed by atoms with Crippen LogP contribution in [0.2, 0.25) is 0 Å². The van der Waals surface area contributed by atoms with E-state index in [1.165, 1.54) is 25.9 Å². The Morgan fingerprint density at radius 3 is 3.08 bits per heavy atom. The molecule has 0 bridgehead atoms. The van der Waals surface area contributed by atoms with Crippen molar-refractivity contribution in [2.75, 3.05) is 39.9 Å². The largest absolute Gasteiger partial charge is 0.314 e. The molecule has 1 aliphatic heterocycles. The quantitative estimate of drug-likeness (QED) is 0.637. The van der Waals surface area contributed by atoms with Crippen LogP contribution in [0.4, 0.5) is 4.39 Å². The minimum Gasteiger partial charge on any atom is -0.314 e. The van der Waals surface area contributed by atoms with E-state index in [4.69, 9.17) is 0 Å². The van der Waals surface area contributed by atoms with Gasteiger partial charge in [0.25, 0.3) is 0 Å². The molecule has 12 heavy (non-hydrogen) atoms. The van der Waals surface area contributed by atoms with Crippen molar-refractivity contribution in [3.8, 4) is 0 Å². The van der Waals surface area contributed by atoms with Crippen molar-refractivity contribution in [2.24, 2.45) is 5.92 Å². The molecule has 0 aromatic rings. The number of likely N-dealkylation sites (tertiary alicyclic amines) is 1. The summed E-state index contributed by atoms with van der Waals surface area (Å²) in [5.41, 5.74) is 0. The first kappa shape index (κ1) is 9.93. The van der Waals surface area contributed by atoms with Crippen LogP contribution in [0.1, 0.15) is 12.8 Å². The van der Waals surface area contributed by atoms with Gasteiger partial charge in [-0.2, -0.15) is 0 Å². The lowest BCUT2D eigenvalue weighted by Crippen LogP contribution is -2.37. The highest BCUT2D eigenvalue weighted by atomic mass is 19.1. The predicted molar refractivity (Wildman–Crippen MR) is 49.1 cm³/mol. The molecule has 0 radical (unpaired) electrons. The lowest BCUT2D eigenvalue weighted by atomic mass is 9.98. The van der Waals surface area contributed by atoms with Gasteiger partial charge in [-0.15, -0.1) is 0 Å². The minimum atomic E-state index is -0.247. The minimum absolute atomic E-state index is 0.247. The fourth-order valence-corrected chi connectivity index (χ4v) is 1.81. The van der Waals surface area contributed by atoms with Gasteiger partial charge in [-0.25, -0.2) is 4.39 Å². The first-order valence-electron chi connectivity index (χ1n) is 4.78. The summed E-state index contributed by atoms with van der Waals surface area (Å²) in [6, 6.07) is 0. The number of piperidine rings is 1. The molecule has 1 aliphatic rings. The van der Waals surface area contributed by atoms with Crippen molar-refractivity contribution in [3.05, 3.63) is 0 Å². The molecule has 1 unspecified atom stereocenters. The van der Waals surface area contributed by atoms with Gasteiger partial charge in [-0.3, -0.25) is 0 Å². The van der Waals surface area contributed by atoms with Crippen molar-refractivity contribution in [2.45, 2.75) is 12.8 Å². The van der Waals surface area contributed by atoms with Crippen LogP contribution in [0.15, 0.2) is 0 Å². The summed E-state index contributed by atoms with van der Waals surface area (Å²) in [4.78, 5) is 2.35. The van der Waals surface area contributed by atoms with Crippen LogP contribution < -0.4 is 5.32 Å². The third-order valence-corrected chi connectivity index (χ3v) is 2.43. The molecule has 1 heterocycles. The molecule has 0 amide bonds. The third kappa shape index (κ3) is 3.50. The predicted octanol–water partition coefficient (Wildman–Crippen LogP) is 0.887. The van der Waals surface area contributed by atoms with E-state index in [-0.39, 0.29) is 6.67 Å². The van der Waals surface area contributed by atoms with Gasteiger partial charge in [0.15, 0.2) is 0 Å². The molecule has 1 atom stereocenters. The van der Waals surface area contributed by atoms with Crippen LogP contribution >= 0.6 is 0 Å². The van der Waals surface area contributed by atoms with Gasteiger partial charge >= 0.3 is 0 Å². The van der Waals surface area contributed by atoms with Gasteiger partial charge in [0.05, 0.1) is 0 Å². The fourth-order valence-electron chi connectivity index (χ4n) is 1.81. The number of rotatable bonds is 4. The summed E-state index contributed by atoms with van der Waals surface area (Å²) in [5, 5.41) is 3.12. The van der Waals surface area contributed by atoms with Gasteiger partial charge in [0, 0.05) is 13.1 Å². The Bertz CT molecular complexity index is 119. The maximum atomic E-state index is 11.8. The molecule has 2 nitrogen and oxygen atoms in total. The normalized spacial score (nSPS) is 26.0. The fraction of sp³-hybridized carbons (Fsp3) is 1.00. The number of hydrogen-bond donors (Lipinski definition) is 1. The van der Waals surface area contributed by atoms with Crippen LogP contribution in [0, 0.1) is 5.92 Å². The van der Waals surface area contributed by atoms with Crippen molar-refractivity contribution in [1.82, 2.24) is 10.2 Å². The van der Waals surface area contributed by atoms with E-state index in [1.54, 1.807) is 0 Å². The zero-order valence-electron chi connectivity index (χ0n) is 7.85. The molecule has 0 aromatic heterocycles. The molecule has 0 aliphatic carbocycles. The lowest BCUT2D eigenvalue weighted by molar-refractivity contribution is 0.205. The highest BCUT2D eigenvalue weighted by molar-refractivity contribution is 4.72. The van der Waals surface area contributed by atoms with Gasteiger partial charge in [-0.1, -0.05) is 0 Å². The molecule has 0 saturated carbocycles. The molecule has 3 heteroatoms. The molecule has 1 N–H and O–H groups in total. The second-order valence-corrected chi connectivity index (χ2v) is 3.66. The van der Waals surface area contributed by atoms with Crippen molar-refractivity contribution in [3.63, 3.8) is 0 Å². The summed E-state index contributed by atoms with van der Waals surface area (Å²) in [7, 11) is 2.15. The zero-order chi connectivity index (χ0) is 8.81. The topological polar surface area (TPSA) is 15.3 Å². The Hall–Kier alpha value is -0.150. The van der Waals surface area contributed by atoms with E-state index in [9.17, 15) is 4.39 Å². The third-order valence-electron chi connectivity index (χ3n) is 2.43. The van der Waals surface area contributed by atoms with Crippen molar-refractivity contribution < 1.29 is 4.39 Å². The standard InChI is InChI=1S/C9H19FN2/c1-12-6-2-3-9(8-12)7-11-5-4-10/h9,11H,2-8H2,1H3. The van der Waals surface area contributed by atoms with Crippen LogP contribution in [0.5, 0.6) is 0 Å². The first-order valence-corrected chi connectivity index (χ1v) is 4.78. The Labute approximate surface area is 74.1 Å². The Morgan fingerprint density at radius 1 is 1.58 bits per heavy atom. The zero-order valence-corrected chi connectivity index (χ0v) is 7.85. The van der Waals surface area contributed by atoms with E-state index in [1.807, 2.05) is 0 Å².